The van der Waals surface area contributed by atoms with E-state index in [0.29, 0.717) is 28.5 Å². The van der Waals surface area contributed by atoms with Crippen molar-refractivity contribution < 1.29 is 0 Å². The molecule has 5 heteroatoms. The first kappa shape index (κ1) is 15.0. The van der Waals surface area contributed by atoms with Crippen LogP contribution in [0.25, 0.3) is 0 Å². The highest BCUT2D eigenvalue weighted by Gasteiger charge is 2.11. The van der Waals surface area contributed by atoms with Crippen molar-refractivity contribution in [3.63, 3.8) is 0 Å². The van der Waals surface area contributed by atoms with Gasteiger partial charge in [0.05, 0.1) is 12.1 Å². The molecule has 0 aliphatic rings. The maximum absolute atomic E-state index is 12.0. The minimum absolute atomic E-state index is 0.169. The molecule has 0 radical (unpaired) electrons. The summed E-state index contributed by atoms with van der Waals surface area (Å²) in [6, 6.07) is 9.92. The van der Waals surface area contributed by atoms with Crippen LogP contribution in [-0.4, -0.2) is 9.55 Å². The van der Waals surface area contributed by atoms with E-state index in [1.54, 1.807) is 4.57 Å². The van der Waals surface area contributed by atoms with E-state index < -0.39 is 0 Å². The highest BCUT2D eigenvalue weighted by molar-refractivity contribution is 7.71. The van der Waals surface area contributed by atoms with Crippen LogP contribution >= 0.6 is 23.8 Å². The number of hydrogen-bond donors (Lipinski definition) is 1. The molecule has 0 aliphatic heterocycles. The molecule has 0 aliphatic carbocycles. The molecule has 1 aromatic heterocycles. The molecule has 2 rings (SSSR count). The molecule has 2 aromatic rings. The predicted molar refractivity (Wildman–Crippen MR) is 85.1 cm³/mol. The van der Waals surface area contributed by atoms with Crippen LogP contribution in [0.3, 0.4) is 0 Å². The molecule has 0 amide bonds. The van der Waals surface area contributed by atoms with Gasteiger partial charge in [-0.25, -0.2) is 0 Å². The number of rotatable bonds is 5. The number of nitrogens with zero attached hydrogens (tertiary/aromatic N) is 1. The van der Waals surface area contributed by atoms with Crippen LogP contribution in [0.4, 0.5) is 0 Å². The van der Waals surface area contributed by atoms with E-state index in [-0.39, 0.29) is 5.56 Å². The van der Waals surface area contributed by atoms with Crippen molar-refractivity contribution in [3.05, 3.63) is 61.7 Å². The van der Waals surface area contributed by atoms with Crippen molar-refractivity contribution in [2.45, 2.75) is 32.7 Å². The van der Waals surface area contributed by atoms with Crippen LogP contribution in [-0.2, 0) is 13.0 Å². The summed E-state index contributed by atoms with van der Waals surface area (Å²) in [4.78, 5) is 14.7. The van der Waals surface area contributed by atoms with Crippen molar-refractivity contribution in [3.8, 4) is 0 Å². The van der Waals surface area contributed by atoms with Crippen LogP contribution in [0, 0.1) is 4.77 Å². The van der Waals surface area contributed by atoms with Gasteiger partial charge in [0.1, 0.15) is 5.15 Å². The largest absolute Gasteiger partial charge is 0.304 e. The topological polar surface area (TPSA) is 37.8 Å². The Labute approximate surface area is 128 Å². The number of aromatic nitrogens is 2. The molecule has 0 atom stereocenters. The van der Waals surface area contributed by atoms with Crippen LogP contribution < -0.4 is 5.56 Å². The first-order chi connectivity index (χ1) is 9.63. The first-order valence-electron chi connectivity index (χ1n) is 6.69. The molecule has 0 unspecified atom stereocenters. The minimum Gasteiger partial charge on any atom is -0.304 e. The van der Waals surface area contributed by atoms with Gasteiger partial charge < -0.3 is 4.57 Å². The predicted octanol–water partition coefficient (Wildman–Crippen LogP) is 3.95. The highest BCUT2D eigenvalue weighted by Crippen LogP contribution is 2.16. The van der Waals surface area contributed by atoms with Crippen LogP contribution in [0.5, 0.6) is 0 Å². The number of unbranched alkanes of at least 4 members (excludes halogenated alkanes) is 1. The van der Waals surface area contributed by atoms with Gasteiger partial charge in [-0.1, -0.05) is 55.3 Å². The molecular formula is C15H17ClN2OS. The smallest absolute Gasteiger partial charge is 0.256 e. The lowest BCUT2D eigenvalue weighted by atomic mass is 10.1. The number of halogens is 1. The third-order valence-corrected chi connectivity index (χ3v) is 3.94. The summed E-state index contributed by atoms with van der Waals surface area (Å²) in [5.74, 6) is 0. The maximum Gasteiger partial charge on any atom is 0.256 e. The number of nitrogens with one attached hydrogen (secondary N) is 1. The van der Waals surface area contributed by atoms with Crippen molar-refractivity contribution >= 4 is 23.8 Å². The second-order valence-corrected chi connectivity index (χ2v) is 5.45. The van der Waals surface area contributed by atoms with Crippen LogP contribution in [0.15, 0.2) is 35.1 Å². The van der Waals surface area contributed by atoms with Gasteiger partial charge in [-0.05, 0) is 30.6 Å². The summed E-state index contributed by atoms with van der Waals surface area (Å²) >= 11 is 11.6. The van der Waals surface area contributed by atoms with E-state index in [9.17, 15) is 4.79 Å². The average molecular weight is 309 g/mol. The standard InChI is InChI=1S/C15H17ClN2OS/c1-2-3-9-12-13(16)18(15(20)17-14(12)19)10-11-7-5-4-6-8-11/h4-8H,2-3,9-10H2,1H3,(H,17,19,20). The van der Waals surface area contributed by atoms with Gasteiger partial charge in [-0.2, -0.15) is 0 Å². The summed E-state index contributed by atoms with van der Waals surface area (Å²) in [5, 5.41) is 0.455. The Bertz CT molecular complexity index is 691. The third-order valence-electron chi connectivity index (χ3n) is 3.19. The quantitative estimate of drug-likeness (QED) is 0.671. The molecule has 0 fully saturated rings. The summed E-state index contributed by atoms with van der Waals surface area (Å²) in [5.41, 5.74) is 1.55. The molecule has 0 saturated heterocycles. The van der Waals surface area contributed by atoms with E-state index in [1.807, 2.05) is 30.3 Å². The molecule has 3 nitrogen and oxygen atoms in total. The SMILES string of the molecule is CCCCc1c(Cl)n(Cc2ccccc2)c(=S)[nH]c1=O. The fraction of sp³-hybridized carbons (Fsp3) is 0.333. The maximum atomic E-state index is 12.0. The summed E-state index contributed by atoms with van der Waals surface area (Å²) in [6.45, 7) is 2.65. The highest BCUT2D eigenvalue weighted by atomic mass is 35.5. The van der Waals surface area contributed by atoms with E-state index in [1.165, 1.54) is 0 Å². The van der Waals surface area contributed by atoms with Gasteiger partial charge in [0, 0.05) is 0 Å². The Hall–Kier alpha value is -1.39. The second kappa shape index (κ2) is 6.86. The van der Waals surface area contributed by atoms with Crippen molar-refractivity contribution in [2.24, 2.45) is 0 Å². The summed E-state index contributed by atoms with van der Waals surface area (Å²) in [7, 11) is 0. The first-order valence-corrected chi connectivity index (χ1v) is 7.47. The van der Waals surface area contributed by atoms with Gasteiger partial charge in [-0.15, -0.1) is 0 Å². The van der Waals surface area contributed by atoms with E-state index in [4.69, 9.17) is 23.8 Å². The zero-order valence-corrected chi connectivity index (χ0v) is 12.9. The molecular weight excluding hydrogens is 292 g/mol. The monoisotopic (exact) mass is 308 g/mol. The van der Waals surface area contributed by atoms with Crippen LogP contribution in [0.1, 0.15) is 30.9 Å². The molecule has 0 bridgehead atoms. The molecule has 20 heavy (non-hydrogen) atoms. The number of aromatic amines is 1. The van der Waals surface area contributed by atoms with Crippen molar-refractivity contribution in [1.82, 2.24) is 9.55 Å². The molecule has 0 saturated carbocycles. The molecule has 0 spiro atoms. The van der Waals surface area contributed by atoms with E-state index in [0.717, 1.165) is 18.4 Å². The normalized spacial score (nSPS) is 10.7. The van der Waals surface area contributed by atoms with Crippen LogP contribution in [0.2, 0.25) is 5.15 Å². The number of H-pyrrole nitrogens is 1. The Morgan fingerprint density at radius 1 is 1.30 bits per heavy atom. The molecule has 1 aromatic carbocycles. The van der Waals surface area contributed by atoms with Crippen molar-refractivity contribution in [1.29, 1.82) is 0 Å². The average Bonchev–Trinajstić information content (AvgIpc) is 2.44. The number of hydrogen-bond acceptors (Lipinski definition) is 2. The minimum atomic E-state index is -0.169. The van der Waals surface area contributed by atoms with Gasteiger partial charge in [0.2, 0.25) is 0 Å². The van der Waals surface area contributed by atoms with E-state index in [2.05, 4.69) is 11.9 Å². The Balaban J connectivity index is 2.42. The molecule has 106 valence electrons. The zero-order valence-electron chi connectivity index (χ0n) is 11.4. The Kier molecular flexibility index (Phi) is 5.15. The molecule has 1 N–H and O–H groups in total. The summed E-state index contributed by atoms with van der Waals surface area (Å²) in [6.07, 6.45) is 2.63. The fourth-order valence-corrected chi connectivity index (χ4v) is 2.69. The molecule has 1 heterocycles. The van der Waals surface area contributed by atoms with Crippen molar-refractivity contribution in [2.75, 3.05) is 0 Å². The van der Waals surface area contributed by atoms with E-state index >= 15 is 0 Å². The van der Waals surface area contributed by atoms with Gasteiger partial charge in [-0.3, -0.25) is 9.78 Å². The lowest BCUT2D eigenvalue weighted by molar-refractivity contribution is 0.711. The van der Waals surface area contributed by atoms with Gasteiger partial charge >= 0.3 is 0 Å². The lowest BCUT2D eigenvalue weighted by Crippen LogP contribution is -2.20. The fourth-order valence-electron chi connectivity index (χ4n) is 2.06. The Morgan fingerprint density at radius 2 is 2.00 bits per heavy atom. The van der Waals surface area contributed by atoms with Gasteiger partial charge in [0.15, 0.2) is 4.77 Å². The third kappa shape index (κ3) is 3.38. The van der Waals surface area contributed by atoms with Gasteiger partial charge in [0.25, 0.3) is 5.56 Å². The zero-order chi connectivity index (χ0) is 14.5. The second-order valence-electron chi connectivity index (χ2n) is 4.70. The lowest BCUT2D eigenvalue weighted by Gasteiger charge is -2.12. The Morgan fingerprint density at radius 3 is 2.65 bits per heavy atom. The summed E-state index contributed by atoms with van der Waals surface area (Å²) < 4.78 is 2.14. The number of benzene rings is 1.